The minimum Gasteiger partial charge on any atom is -0.274 e. The highest BCUT2D eigenvalue weighted by molar-refractivity contribution is 5.80. The van der Waals surface area contributed by atoms with Crippen molar-refractivity contribution >= 4 is 5.91 Å². The molecule has 0 saturated heterocycles. The summed E-state index contributed by atoms with van der Waals surface area (Å²) < 4.78 is 0. The Labute approximate surface area is 67.1 Å². The van der Waals surface area contributed by atoms with E-state index in [1.165, 1.54) is 0 Å². The lowest BCUT2D eigenvalue weighted by molar-refractivity contribution is -0.134. The van der Waals surface area contributed by atoms with Crippen LogP contribution in [0.4, 0.5) is 0 Å². The van der Waals surface area contributed by atoms with Crippen LogP contribution in [0.15, 0.2) is 0 Å². The maximum atomic E-state index is 11.1. The highest BCUT2D eigenvalue weighted by Gasteiger charge is 2.41. The summed E-state index contributed by atoms with van der Waals surface area (Å²) >= 11 is 0. The Bertz CT molecular complexity index is 147. The second kappa shape index (κ2) is 3.72. The van der Waals surface area contributed by atoms with Crippen molar-refractivity contribution in [2.45, 2.75) is 26.7 Å². The molecule has 64 valence electrons. The lowest BCUT2D eigenvalue weighted by Gasteiger charge is -2.01. The van der Waals surface area contributed by atoms with E-state index in [0.29, 0.717) is 12.5 Å². The van der Waals surface area contributed by atoms with Gasteiger partial charge in [0, 0.05) is 5.92 Å². The fourth-order valence-electron chi connectivity index (χ4n) is 1.24. The molecule has 0 aliphatic heterocycles. The minimum atomic E-state index is 0.0544. The van der Waals surface area contributed by atoms with E-state index >= 15 is 0 Å². The third kappa shape index (κ3) is 2.19. The Morgan fingerprint density at radius 2 is 2.36 bits per heavy atom. The van der Waals surface area contributed by atoms with Gasteiger partial charge in [-0.25, -0.2) is 5.48 Å². The van der Waals surface area contributed by atoms with Crippen molar-refractivity contribution in [3.05, 3.63) is 0 Å². The van der Waals surface area contributed by atoms with Crippen LogP contribution in [0.3, 0.4) is 0 Å². The van der Waals surface area contributed by atoms with Crippen molar-refractivity contribution in [2.75, 3.05) is 6.61 Å². The molecule has 0 bridgehead atoms. The smallest absolute Gasteiger partial charge is 0.246 e. The van der Waals surface area contributed by atoms with Gasteiger partial charge in [0.25, 0.3) is 0 Å². The van der Waals surface area contributed by atoms with Gasteiger partial charge in [0.2, 0.25) is 5.91 Å². The first-order chi connectivity index (χ1) is 5.29. The third-order valence-electron chi connectivity index (χ3n) is 2.10. The van der Waals surface area contributed by atoms with Crippen molar-refractivity contribution in [2.24, 2.45) is 11.8 Å². The van der Waals surface area contributed by atoms with Crippen molar-refractivity contribution in [1.82, 2.24) is 5.48 Å². The normalized spacial score (nSPS) is 28.2. The van der Waals surface area contributed by atoms with Crippen molar-refractivity contribution in [3.63, 3.8) is 0 Å². The van der Waals surface area contributed by atoms with E-state index in [-0.39, 0.29) is 11.8 Å². The number of hydrogen-bond donors (Lipinski definition) is 1. The van der Waals surface area contributed by atoms with Gasteiger partial charge in [0.15, 0.2) is 0 Å². The van der Waals surface area contributed by atoms with Crippen LogP contribution < -0.4 is 5.48 Å². The van der Waals surface area contributed by atoms with Gasteiger partial charge in [-0.15, -0.1) is 0 Å². The molecule has 0 aromatic carbocycles. The molecule has 0 aromatic heterocycles. The minimum absolute atomic E-state index is 0.0544. The lowest BCUT2D eigenvalue weighted by Crippen LogP contribution is -2.25. The lowest BCUT2D eigenvalue weighted by atomic mass is 10.2. The third-order valence-corrected chi connectivity index (χ3v) is 2.10. The van der Waals surface area contributed by atoms with Gasteiger partial charge in [-0.2, -0.15) is 0 Å². The summed E-state index contributed by atoms with van der Waals surface area (Å²) in [6.07, 6.45) is 2.14. The monoisotopic (exact) mass is 157 g/mol. The van der Waals surface area contributed by atoms with Crippen LogP contribution in [0.1, 0.15) is 26.7 Å². The molecule has 0 aromatic rings. The fraction of sp³-hybridized carbons (Fsp3) is 0.875. The van der Waals surface area contributed by atoms with Gasteiger partial charge >= 0.3 is 0 Å². The molecule has 1 saturated carbocycles. The van der Waals surface area contributed by atoms with Crippen LogP contribution in [0.25, 0.3) is 0 Å². The summed E-state index contributed by atoms with van der Waals surface area (Å²) in [5, 5.41) is 0. The molecular weight excluding hydrogens is 142 g/mol. The van der Waals surface area contributed by atoms with Gasteiger partial charge < -0.3 is 0 Å². The Kier molecular flexibility index (Phi) is 2.88. The average molecular weight is 157 g/mol. The maximum Gasteiger partial charge on any atom is 0.246 e. The predicted molar refractivity (Wildman–Crippen MR) is 41.7 cm³/mol. The van der Waals surface area contributed by atoms with Crippen molar-refractivity contribution in [1.29, 1.82) is 0 Å². The SMILES string of the molecule is CCONC(=O)[C@@H]1C[C@H]1CC. The number of hydrogen-bond acceptors (Lipinski definition) is 2. The summed E-state index contributed by atoms with van der Waals surface area (Å²) in [5.41, 5.74) is 2.42. The van der Waals surface area contributed by atoms with E-state index < -0.39 is 0 Å². The zero-order valence-corrected chi connectivity index (χ0v) is 7.09. The molecule has 1 N–H and O–H groups in total. The molecule has 3 nitrogen and oxygen atoms in total. The number of carbonyl (C=O) groups is 1. The molecule has 1 aliphatic rings. The van der Waals surface area contributed by atoms with Crippen molar-refractivity contribution in [3.8, 4) is 0 Å². The van der Waals surface area contributed by atoms with Crippen LogP contribution in [0.2, 0.25) is 0 Å². The fourth-order valence-corrected chi connectivity index (χ4v) is 1.24. The van der Waals surface area contributed by atoms with Gasteiger partial charge in [0.05, 0.1) is 6.61 Å². The van der Waals surface area contributed by atoms with Gasteiger partial charge in [-0.3, -0.25) is 9.63 Å². The molecule has 0 heterocycles. The topological polar surface area (TPSA) is 38.3 Å². The van der Waals surface area contributed by atoms with E-state index in [0.717, 1.165) is 12.8 Å². The maximum absolute atomic E-state index is 11.1. The standard InChI is InChI=1S/C8H15NO2/c1-3-6-5-7(6)8(10)9-11-4-2/h6-7H,3-5H2,1-2H3,(H,9,10)/t6-,7-/m1/s1. The largest absolute Gasteiger partial charge is 0.274 e. The van der Waals surface area contributed by atoms with E-state index in [2.05, 4.69) is 12.4 Å². The molecule has 1 aliphatic carbocycles. The van der Waals surface area contributed by atoms with Gasteiger partial charge in [-0.1, -0.05) is 13.3 Å². The highest BCUT2D eigenvalue weighted by atomic mass is 16.6. The quantitative estimate of drug-likeness (QED) is 0.620. The first-order valence-corrected chi connectivity index (χ1v) is 4.21. The number of rotatable bonds is 4. The molecule has 1 rings (SSSR count). The van der Waals surface area contributed by atoms with Crippen LogP contribution in [-0.2, 0) is 9.63 Å². The van der Waals surface area contributed by atoms with E-state index in [1.54, 1.807) is 0 Å². The van der Waals surface area contributed by atoms with E-state index in [1.807, 2.05) is 6.92 Å². The second-order valence-electron chi connectivity index (χ2n) is 2.91. The molecule has 3 heteroatoms. The van der Waals surface area contributed by atoms with E-state index in [9.17, 15) is 4.79 Å². The van der Waals surface area contributed by atoms with Crippen LogP contribution >= 0.6 is 0 Å². The highest BCUT2D eigenvalue weighted by Crippen LogP contribution is 2.40. The summed E-state index contributed by atoms with van der Waals surface area (Å²) in [6.45, 7) is 4.50. The zero-order valence-electron chi connectivity index (χ0n) is 7.09. The second-order valence-corrected chi connectivity index (χ2v) is 2.91. The summed E-state index contributed by atoms with van der Waals surface area (Å²) in [6, 6.07) is 0. The Balaban J connectivity index is 2.12. The molecule has 11 heavy (non-hydrogen) atoms. The molecule has 1 amide bonds. The number of amides is 1. The Hall–Kier alpha value is -0.570. The molecule has 0 unspecified atom stereocenters. The molecule has 0 radical (unpaired) electrons. The molecule has 0 spiro atoms. The van der Waals surface area contributed by atoms with Crippen LogP contribution in [0, 0.1) is 11.8 Å². The first-order valence-electron chi connectivity index (χ1n) is 4.21. The zero-order chi connectivity index (χ0) is 8.27. The van der Waals surface area contributed by atoms with Crippen molar-refractivity contribution < 1.29 is 9.63 Å². The molecule has 2 atom stereocenters. The van der Waals surface area contributed by atoms with Crippen LogP contribution in [-0.4, -0.2) is 12.5 Å². The van der Waals surface area contributed by atoms with Gasteiger partial charge in [-0.05, 0) is 19.3 Å². The first kappa shape index (κ1) is 8.53. The number of nitrogens with one attached hydrogen (secondary N) is 1. The summed E-state index contributed by atoms with van der Waals surface area (Å²) in [7, 11) is 0. The number of hydroxylamine groups is 1. The summed E-state index contributed by atoms with van der Waals surface area (Å²) in [5.74, 6) is 0.890. The van der Waals surface area contributed by atoms with E-state index in [4.69, 9.17) is 4.84 Å². The molecular formula is C8H15NO2. The van der Waals surface area contributed by atoms with Gasteiger partial charge in [0.1, 0.15) is 0 Å². The molecule has 1 fully saturated rings. The van der Waals surface area contributed by atoms with Crippen LogP contribution in [0.5, 0.6) is 0 Å². The Morgan fingerprint density at radius 1 is 1.64 bits per heavy atom. The summed E-state index contributed by atoms with van der Waals surface area (Å²) in [4.78, 5) is 15.9. The average Bonchev–Trinajstić information content (AvgIpc) is 2.78. The Morgan fingerprint density at radius 3 is 2.82 bits per heavy atom. The predicted octanol–water partition coefficient (Wildman–Crippen LogP) is 1.10. The number of carbonyl (C=O) groups excluding carboxylic acids is 1.